The number of esters is 1. The van der Waals surface area contributed by atoms with Crippen LogP contribution in [0.25, 0.3) is 0 Å². The molecule has 2 heteroatoms. The van der Waals surface area contributed by atoms with Gasteiger partial charge in [-0.3, -0.25) is 4.79 Å². The van der Waals surface area contributed by atoms with Gasteiger partial charge in [0.05, 0.1) is 12.5 Å². The molecule has 2 fully saturated rings. The predicted octanol–water partition coefficient (Wildman–Crippen LogP) is 1.84. The van der Waals surface area contributed by atoms with Crippen LogP contribution in [-0.4, -0.2) is 12.6 Å². The molecular weight excluding hydrogens is 152 g/mol. The van der Waals surface area contributed by atoms with Gasteiger partial charge in [-0.2, -0.15) is 0 Å². The van der Waals surface area contributed by atoms with Gasteiger partial charge in [-0.05, 0) is 30.6 Å². The van der Waals surface area contributed by atoms with Crippen molar-refractivity contribution in [1.29, 1.82) is 0 Å². The minimum atomic E-state index is 0.0584. The number of ether oxygens (including phenoxy) is 1. The van der Waals surface area contributed by atoms with Gasteiger partial charge in [0.2, 0.25) is 0 Å². The average Bonchev–Trinajstić information content (AvgIpc) is 2.42. The summed E-state index contributed by atoms with van der Waals surface area (Å²) in [6.45, 7) is 5.01. The van der Waals surface area contributed by atoms with E-state index in [-0.39, 0.29) is 11.9 Å². The topological polar surface area (TPSA) is 26.3 Å². The van der Waals surface area contributed by atoms with Crippen molar-refractivity contribution in [2.45, 2.75) is 26.7 Å². The molecule has 4 atom stereocenters. The third-order valence-electron chi connectivity index (χ3n) is 3.52. The molecule has 0 aromatic heterocycles. The number of cyclic esters (lactones) is 1. The van der Waals surface area contributed by atoms with Gasteiger partial charge in [0.15, 0.2) is 0 Å². The van der Waals surface area contributed by atoms with Crippen molar-refractivity contribution in [1.82, 2.24) is 0 Å². The van der Waals surface area contributed by atoms with E-state index in [1.54, 1.807) is 0 Å². The summed E-state index contributed by atoms with van der Waals surface area (Å²) >= 11 is 0. The van der Waals surface area contributed by atoms with E-state index in [0.717, 1.165) is 0 Å². The molecule has 0 radical (unpaired) electrons. The molecule has 1 aliphatic heterocycles. The zero-order chi connectivity index (χ0) is 8.72. The van der Waals surface area contributed by atoms with E-state index in [1.807, 2.05) is 0 Å². The number of rotatable bonds is 0. The fourth-order valence-electron chi connectivity index (χ4n) is 2.72. The maximum atomic E-state index is 11.4. The highest BCUT2D eigenvalue weighted by Gasteiger charge is 2.45. The molecule has 2 aliphatic rings. The van der Waals surface area contributed by atoms with E-state index in [9.17, 15) is 4.79 Å². The highest BCUT2D eigenvalue weighted by molar-refractivity contribution is 5.74. The summed E-state index contributed by atoms with van der Waals surface area (Å²) in [6.07, 6.45) is 2.43. The summed E-state index contributed by atoms with van der Waals surface area (Å²) in [7, 11) is 0. The second-order valence-electron chi connectivity index (χ2n) is 4.35. The molecule has 68 valence electrons. The molecule has 1 unspecified atom stereocenters. The molecule has 1 saturated heterocycles. The maximum absolute atomic E-state index is 11.4. The fraction of sp³-hybridized carbons (Fsp3) is 0.900. The van der Waals surface area contributed by atoms with Crippen LogP contribution in [0.1, 0.15) is 26.7 Å². The van der Waals surface area contributed by atoms with Crippen molar-refractivity contribution in [3.05, 3.63) is 0 Å². The fourth-order valence-corrected chi connectivity index (χ4v) is 2.72. The largest absolute Gasteiger partial charge is 0.465 e. The van der Waals surface area contributed by atoms with E-state index < -0.39 is 0 Å². The first-order valence-electron chi connectivity index (χ1n) is 4.87. The smallest absolute Gasteiger partial charge is 0.309 e. The number of fused-ring (bicyclic) bond motifs is 1. The van der Waals surface area contributed by atoms with Crippen LogP contribution in [0.3, 0.4) is 0 Å². The van der Waals surface area contributed by atoms with Crippen LogP contribution in [0.2, 0.25) is 0 Å². The minimum Gasteiger partial charge on any atom is -0.465 e. The highest BCUT2D eigenvalue weighted by atomic mass is 16.5. The van der Waals surface area contributed by atoms with E-state index in [0.29, 0.717) is 24.4 Å². The minimum absolute atomic E-state index is 0.0584. The molecule has 0 spiro atoms. The molecular formula is C10H16O2. The van der Waals surface area contributed by atoms with Crippen molar-refractivity contribution >= 4 is 5.97 Å². The predicted molar refractivity (Wildman–Crippen MR) is 45.5 cm³/mol. The Morgan fingerprint density at radius 2 is 2.00 bits per heavy atom. The van der Waals surface area contributed by atoms with Crippen LogP contribution in [0, 0.1) is 23.7 Å². The number of carbonyl (C=O) groups excluding carboxylic acids is 1. The molecule has 12 heavy (non-hydrogen) atoms. The Bertz CT molecular complexity index is 200. The second-order valence-corrected chi connectivity index (χ2v) is 4.35. The van der Waals surface area contributed by atoms with Crippen LogP contribution < -0.4 is 0 Å². The van der Waals surface area contributed by atoms with Gasteiger partial charge in [-0.25, -0.2) is 0 Å². The number of carbonyl (C=O) groups is 1. The van der Waals surface area contributed by atoms with Crippen LogP contribution in [-0.2, 0) is 9.53 Å². The van der Waals surface area contributed by atoms with Gasteiger partial charge >= 0.3 is 5.97 Å². The lowest BCUT2D eigenvalue weighted by molar-refractivity contribution is -0.160. The van der Waals surface area contributed by atoms with Gasteiger partial charge in [0.25, 0.3) is 0 Å². The Morgan fingerprint density at radius 1 is 1.25 bits per heavy atom. The van der Waals surface area contributed by atoms with E-state index in [1.165, 1.54) is 12.8 Å². The first kappa shape index (κ1) is 8.09. The average molecular weight is 168 g/mol. The Kier molecular flexibility index (Phi) is 1.85. The molecule has 1 heterocycles. The molecule has 0 aromatic carbocycles. The zero-order valence-corrected chi connectivity index (χ0v) is 7.75. The quantitative estimate of drug-likeness (QED) is 0.516. The Balaban J connectivity index is 2.18. The van der Waals surface area contributed by atoms with Crippen molar-refractivity contribution in [2.24, 2.45) is 23.7 Å². The van der Waals surface area contributed by atoms with E-state index >= 15 is 0 Å². The Morgan fingerprint density at radius 3 is 2.67 bits per heavy atom. The van der Waals surface area contributed by atoms with Crippen molar-refractivity contribution in [2.75, 3.05) is 6.61 Å². The summed E-state index contributed by atoms with van der Waals surface area (Å²) in [6, 6.07) is 0. The molecule has 0 bridgehead atoms. The lowest BCUT2D eigenvalue weighted by Gasteiger charge is -2.31. The lowest BCUT2D eigenvalue weighted by Crippen LogP contribution is -2.37. The van der Waals surface area contributed by atoms with E-state index in [2.05, 4.69) is 13.8 Å². The van der Waals surface area contributed by atoms with Crippen molar-refractivity contribution < 1.29 is 9.53 Å². The zero-order valence-electron chi connectivity index (χ0n) is 7.75. The molecule has 0 N–H and O–H groups in total. The molecule has 2 rings (SSSR count). The first-order valence-corrected chi connectivity index (χ1v) is 4.87. The summed E-state index contributed by atoms with van der Waals surface area (Å²) in [4.78, 5) is 11.4. The van der Waals surface area contributed by atoms with Crippen LogP contribution in [0.5, 0.6) is 0 Å². The van der Waals surface area contributed by atoms with Crippen molar-refractivity contribution in [3.8, 4) is 0 Å². The molecule has 1 aliphatic carbocycles. The summed E-state index contributed by atoms with van der Waals surface area (Å²) in [5, 5.41) is 0. The summed E-state index contributed by atoms with van der Waals surface area (Å²) in [5.74, 6) is 2.01. The van der Waals surface area contributed by atoms with Gasteiger partial charge in [0, 0.05) is 0 Å². The molecule has 0 aromatic rings. The summed E-state index contributed by atoms with van der Waals surface area (Å²) < 4.78 is 5.14. The maximum Gasteiger partial charge on any atom is 0.309 e. The van der Waals surface area contributed by atoms with Gasteiger partial charge in [0.1, 0.15) is 0 Å². The Hall–Kier alpha value is -0.530. The van der Waals surface area contributed by atoms with Gasteiger partial charge in [-0.1, -0.05) is 13.8 Å². The van der Waals surface area contributed by atoms with Gasteiger partial charge < -0.3 is 4.74 Å². The first-order chi connectivity index (χ1) is 5.70. The molecule has 0 amide bonds. The molecule has 1 saturated carbocycles. The Labute approximate surface area is 73.3 Å². The normalized spacial score (nSPS) is 47.0. The number of hydrogen-bond acceptors (Lipinski definition) is 2. The molecule has 2 nitrogen and oxygen atoms in total. The SMILES string of the molecule is CC1CC[C@H]2[C@H](C)COC(=O)[C@H]12. The highest BCUT2D eigenvalue weighted by Crippen LogP contribution is 2.44. The van der Waals surface area contributed by atoms with Crippen molar-refractivity contribution in [3.63, 3.8) is 0 Å². The third kappa shape index (κ3) is 1.05. The summed E-state index contributed by atoms with van der Waals surface area (Å²) in [5.41, 5.74) is 0. The lowest BCUT2D eigenvalue weighted by atomic mass is 9.81. The van der Waals surface area contributed by atoms with E-state index in [4.69, 9.17) is 4.74 Å². The van der Waals surface area contributed by atoms with Crippen LogP contribution >= 0.6 is 0 Å². The van der Waals surface area contributed by atoms with Gasteiger partial charge in [-0.15, -0.1) is 0 Å². The van der Waals surface area contributed by atoms with Crippen LogP contribution in [0.4, 0.5) is 0 Å². The third-order valence-corrected chi connectivity index (χ3v) is 3.52. The second kappa shape index (κ2) is 2.75. The number of hydrogen-bond donors (Lipinski definition) is 0. The van der Waals surface area contributed by atoms with Crippen LogP contribution in [0.15, 0.2) is 0 Å². The standard InChI is InChI=1S/C10H16O2/c1-6-3-4-8-7(2)5-12-10(11)9(6)8/h6-9H,3-5H2,1-2H3/t6?,7-,8+,9-/m1/s1. The monoisotopic (exact) mass is 168 g/mol.